The van der Waals surface area contributed by atoms with E-state index in [-0.39, 0.29) is 31.5 Å². The van der Waals surface area contributed by atoms with Crippen molar-refractivity contribution in [2.45, 2.75) is 38.1 Å². The van der Waals surface area contributed by atoms with E-state index in [4.69, 9.17) is 11.6 Å². The third-order valence-corrected chi connectivity index (χ3v) is 6.84. The molecule has 0 amide bonds. The molecule has 0 radical (unpaired) electrons. The van der Waals surface area contributed by atoms with Crippen molar-refractivity contribution in [1.82, 2.24) is 0 Å². The molecule has 2 aromatic heterocycles. The van der Waals surface area contributed by atoms with E-state index in [1.54, 1.807) is 0 Å². The Hall–Kier alpha value is -2.77. The highest BCUT2D eigenvalue weighted by atomic mass is 35.5. The summed E-state index contributed by atoms with van der Waals surface area (Å²) in [5, 5.41) is 25.0. The number of thiophene rings is 2. The molecule has 3 rings (SSSR count). The summed E-state index contributed by atoms with van der Waals surface area (Å²) in [4.78, 5) is 42.9. The molecule has 1 aliphatic carbocycles. The van der Waals surface area contributed by atoms with Crippen LogP contribution in [0, 0.1) is 20.2 Å². The minimum atomic E-state index is -0.648. The lowest BCUT2D eigenvalue weighted by Gasteiger charge is -2.22. The van der Waals surface area contributed by atoms with Gasteiger partial charge in [-0.3, -0.25) is 20.2 Å². The van der Waals surface area contributed by atoms with Crippen molar-refractivity contribution in [3.8, 4) is 0 Å². The normalized spacial score (nSPS) is 13.5. The van der Waals surface area contributed by atoms with Crippen LogP contribution in [-0.4, -0.2) is 42.0 Å². The number of hydrogen-bond acceptors (Lipinski definition) is 11. The maximum Gasteiger partial charge on any atom is 0.348 e. The van der Waals surface area contributed by atoms with Gasteiger partial charge >= 0.3 is 17.6 Å². The molecule has 2 aromatic rings. The first-order valence-corrected chi connectivity index (χ1v) is 11.3. The molecule has 2 heterocycles. The number of carbonyl (C=O) groups is 2. The number of hydrogen-bond donors (Lipinski definition) is 1. The van der Waals surface area contributed by atoms with E-state index < -0.39 is 21.8 Å². The van der Waals surface area contributed by atoms with Crippen molar-refractivity contribution < 1.29 is 28.9 Å². The molecule has 0 aromatic carbocycles. The van der Waals surface area contributed by atoms with E-state index in [0.29, 0.717) is 5.00 Å². The summed E-state index contributed by atoms with van der Waals surface area (Å²) in [6.45, 7) is 0. The van der Waals surface area contributed by atoms with Gasteiger partial charge in [0.15, 0.2) is 9.34 Å². The predicted molar refractivity (Wildman–Crippen MR) is 120 cm³/mol. The van der Waals surface area contributed by atoms with Gasteiger partial charge in [0.25, 0.3) is 5.69 Å². The molecule has 0 bridgehead atoms. The molecule has 1 saturated carbocycles. The van der Waals surface area contributed by atoms with Gasteiger partial charge in [0.2, 0.25) is 0 Å². The topological polar surface area (TPSA) is 151 Å². The molecule has 0 unspecified atom stereocenters. The van der Waals surface area contributed by atoms with Crippen LogP contribution in [0.3, 0.4) is 0 Å². The molecule has 11 nitrogen and oxygen atoms in total. The number of nitro groups is 2. The van der Waals surface area contributed by atoms with Crippen LogP contribution in [-0.2, 0) is 9.47 Å². The average Bonchev–Trinajstić information content (AvgIpc) is 3.38. The minimum absolute atomic E-state index is 0.0228. The Bertz CT molecular complexity index is 1000. The fraction of sp³-hybridized carbons (Fsp3) is 0.444. The van der Waals surface area contributed by atoms with Gasteiger partial charge < -0.3 is 14.8 Å². The van der Waals surface area contributed by atoms with Gasteiger partial charge in [0.1, 0.15) is 9.75 Å². The number of methoxy groups -OCH3 is 2. The predicted octanol–water partition coefficient (Wildman–Crippen LogP) is 5.28. The Labute approximate surface area is 195 Å². The number of nitrogens with one attached hydrogen (secondary N) is 1. The Morgan fingerprint density at radius 3 is 1.94 bits per heavy atom. The second-order valence-electron chi connectivity index (χ2n) is 6.57. The molecule has 1 aliphatic rings. The summed E-state index contributed by atoms with van der Waals surface area (Å²) < 4.78 is 8.95. The average molecular weight is 506 g/mol. The van der Waals surface area contributed by atoms with Crippen LogP contribution >= 0.6 is 34.3 Å². The summed E-state index contributed by atoms with van der Waals surface area (Å²) in [6.07, 6.45) is 5.53. The first-order valence-electron chi connectivity index (χ1n) is 9.33. The van der Waals surface area contributed by atoms with Crippen molar-refractivity contribution in [3.05, 3.63) is 46.5 Å². The van der Waals surface area contributed by atoms with E-state index in [9.17, 15) is 29.8 Å². The zero-order valence-corrected chi connectivity index (χ0v) is 19.5. The molecule has 0 aliphatic heterocycles. The Kier molecular flexibility index (Phi) is 9.35. The monoisotopic (exact) mass is 505 g/mol. The van der Waals surface area contributed by atoms with Crippen LogP contribution in [0.1, 0.15) is 51.4 Å². The van der Waals surface area contributed by atoms with Crippen LogP contribution in [0.15, 0.2) is 12.1 Å². The van der Waals surface area contributed by atoms with E-state index in [2.05, 4.69) is 14.8 Å². The van der Waals surface area contributed by atoms with Crippen LogP contribution in [0.5, 0.6) is 0 Å². The van der Waals surface area contributed by atoms with Crippen molar-refractivity contribution in [2.75, 3.05) is 19.5 Å². The first-order chi connectivity index (χ1) is 15.2. The van der Waals surface area contributed by atoms with Crippen molar-refractivity contribution in [3.63, 3.8) is 0 Å². The second kappa shape index (κ2) is 11.7. The van der Waals surface area contributed by atoms with E-state index in [1.165, 1.54) is 26.7 Å². The van der Waals surface area contributed by atoms with Gasteiger partial charge in [-0.15, -0.1) is 22.7 Å². The van der Waals surface area contributed by atoms with Crippen molar-refractivity contribution >= 4 is 62.6 Å². The van der Waals surface area contributed by atoms with Gasteiger partial charge in [-0.2, -0.15) is 0 Å². The summed E-state index contributed by atoms with van der Waals surface area (Å²) in [7, 11) is 2.46. The molecule has 0 spiro atoms. The fourth-order valence-corrected chi connectivity index (χ4v) is 5.10. The third kappa shape index (κ3) is 6.61. The van der Waals surface area contributed by atoms with Crippen LogP contribution in [0.25, 0.3) is 0 Å². The molecular formula is C18H20ClN3O8S2. The van der Waals surface area contributed by atoms with Crippen LogP contribution < -0.4 is 5.32 Å². The maximum absolute atomic E-state index is 11.4. The lowest BCUT2D eigenvalue weighted by atomic mass is 9.96. The van der Waals surface area contributed by atoms with Gasteiger partial charge in [0, 0.05) is 18.2 Å². The molecule has 0 saturated heterocycles. The lowest BCUT2D eigenvalue weighted by molar-refractivity contribution is -0.384. The standard InChI is InChI=1S/C12H16N2O4S.C6H4ClNO4S/c1-18-12(15)10-7-9(14(16)17)11(19-10)13-8-5-3-2-4-6-8;1-12-6(9)4-2-3(8(10)11)5(7)13-4/h7-8,13H,2-6H2,1H3;2H,1H3. The zero-order chi connectivity index (χ0) is 23.8. The molecule has 32 heavy (non-hydrogen) atoms. The summed E-state index contributed by atoms with van der Waals surface area (Å²) >= 11 is 7.42. The lowest BCUT2D eigenvalue weighted by Crippen LogP contribution is -2.21. The number of esters is 2. The van der Waals surface area contributed by atoms with Crippen LogP contribution in [0.2, 0.25) is 4.34 Å². The summed E-state index contributed by atoms with van der Waals surface area (Å²) in [6, 6.07) is 2.64. The highest BCUT2D eigenvalue weighted by Crippen LogP contribution is 2.37. The molecule has 174 valence electrons. The van der Waals surface area contributed by atoms with Gasteiger partial charge in [-0.1, -0.05) is 30.9 Å². The van der Waals surface area contributed by atoms with Crippen molar-refractivity contribution in [1.29, 1.82) is 0 Å². The Morgan fingerprint density at radius 1 is 0.969 bits per heavy atom. The molecule has 14 heteroatoms. The number of ether oxygens (including phenoxy) is 2. The van der Waals surface area contributed by atoms with Crippen LogP contribution in [0.4, 0.5) is 16.4 Å². The smallest absolute Gasteiger partial charge is 0.348 e. The number of nitrogens with zero attached hydrogens (tertiary/aromatic N) is 2. The van der Waals surface area contributed by atoms with E-state index >= 15 is 0 Å². The van der Waals surface area contributed by atoms with Gasteiger partial charge in [-0.05, 0) is 12.8 Å². The third-order valence-electron chi connectivity index (χ3n) is 4.49. The molecule has 1 N–H and O–H groups in total. The zero-order valence-electron chi connectivity index (χ0n) is 17.1. The number of rotatable bonds is 6. The van der Waals surface area contributed by atoms with Gasteiger partial charge in [0.05, 0.1) is 24.1 Å². The SMILES string of the molecule is COC(=O)c1cc([N+](=O)[O-])c(Cl)s1.COC(=O)c1cc([N+](=O)[O-])c(NC2CCCCC2)s1. The highest BCUT2D eigenvalue weighted by molar-refractivity contribution is 7.18. The Balaban J connectivity index is 0.000000244. The fourth-order valence-electron chi connectivity index (χ4n) is 2.94. The number of halogens is 1. The van der Waals surface area contributed by atoms with E-state index in [0.717, 1.165) is 54.4 Å². The molecule has 1 fully saturated rings. The molecular weight excluding hydrogens is 486 g/mol. The minimum Gasteiger partial charge on any atom is -0.465 e. The highest BCUT2D eigenvalue weighted by Gasteiger charge is 2.25. The molecule has 0 atom stereocenters. The summed E-state index contributed by atoms with van der Waals surface area (Å²) in [5.74, 6) is -1.16. The Morgan fingerprint density at radius 2 is 1.47 bits per heavy atom. The largest absolute Gasteiger partial charge is 0.465 e. The second-order valence-corrected chi connectivity index (χ2v) is 9.28. The number of carbonyl (C=O) groups excluding carboxylic acids is 2. The van der Waals surface area contributed by atoms with Crippen molar-refractivity contribution in [2.24, 2.45) is 0 Å². The maximum atomic E-state index is 11.4. The summed E-state index contributed by atoms with van der Waals surface area (Å²) in [5.41, 5.74) is -0.317. The van der Waals surface area contributed by atoms with Gasteiger partial charge in [-0.25, -0.2) is 9.59 Å². The quantitative estimate of drug-likeness (QED) is 0.313. The van der Waals surface area contributed by atoms with E-state index in [1.807, 2.05) is 0 Å². The first kappa shape index (κ1) is 25.5. The number of anilines is 1.